The molecule has 0 spiro atoms. The lowest BCUT2D eigenvalue weighted by Gasteiger charge is -2.10. The van der Waals surface area contributed by atoms with Crippen LogP contribution in [0.4, 0.5) is 0 Å². The Morgan fingerprint density at radius 3 is 2.70 bits per heavy atom. The second-order valence-corrected chi connectivity index (χ2v) is 7.87. The van der Waals surface area contributed by atoms with Crippen LogP contribution < -0.4 is 10.6 Å². The highest BCUT2D eigenvalue weighted by Crippen LogP contribution is 2.21. The molecule has 0 aliphatic rings. The Kier molecular flexibility index (Phi) is 9.41. The summed E-state index contributed by atoms with van der Waals surface area (Å²) in [6.07, 6.45) is 0.937. The predicted molar refractivity (Wildman–Crippen MR) is 113 cm³/mol. The van der Waals surface area contributed by atoms with Crippen LogP contribution in [0.3, 0.4) is 0 Å². The van der Waals surface area contributed by atoms with Gasteiger partial charge >= 0.3 is 0 Å². The Balaban J connectivity index is 0.00000264. The minimum Gasteiger partial charge on any atom is -0.356 e. The fourth-order valence-electron chi connectivity index (χ4n) is 1.84. The Hall–Kier alpha value is -0.380. The van der Waals surface area contributed by atoms with Gasteiger partial charge in [0.1, 0.15) is 5.01 Å². The second kappa shape index (κ2) is 10.5. The van der Waals surface area contributed by atoms with Gasteiger partial charge in [0.25, 0.3) is 0 Å². The van der Waals surface area contributed by atoms with Crippen molar-refractivity contribution >= 4 is 64.2 Å². The van der Waals surface area contributed by atoms with Gasteiger partial charge in [-0.05, 0) is 24.5 Å². The van der Waals surface area contributed by atoms with E-state index >= 15 is 0 Å². The first-order valence-corrected chi connectivity index (χ1v) is 9.29. The SMILES string of the molecule is CN=C(NCCc1ccc(Cl)s1)NCc1nc(C(C)C)cs1.I. The van der Waals surface area contributed by atoms with Gasteiger partial charge in [-0.1, -0.05) is 25.4 Å². The number of guanidine groups is 1. The fraction of sp³-hybridized carbons (Fsp3) is 0.467. The van der Waals surface area contributed by atoms with Gasteiger partial charge in [0.2, 0.25) is 0 Å². The van der Waals surface area contributed by atoms with Crippen molar-refractivity contribution in [2.24, 2.45) is 4.99 Å². The van der Waals surface area contributed by atoms with Crippen molar-refractivity contribution in [3.63, 3.8) is 0 Å². The summed E-state index contributed by atoms with van der Waals surface area (Å²) in [5.41, 5.74) is 1.15. The highest BCUT2D eigenvalue weighted by atomic mass is 127. The van der Waals surface area contributed by atoms with E-state index in [1.54, 1.807) is 29.7 Å². The number of aromatic nitrogens is 1. The number of nitrogens with one attached hydrogen (secondary N) is 2. The maximum absolute atomic E-state index is 5.93. The Labute approximate surface area is 167 Å². The van der Waals surface area contributed by atoms with Crippen LogP contribution in [-0.2, 0) is 13.0 Å². The van der Waals surface area contributed by atoms with Gasteiger partial charge in [0.15, 0.2) is 5.96 Å². The first kappa shape index (κ1) is 20.7. The van der Waals surface area contributed by atoms with Gasteiger partial charge in [-0.25, -0.2) is 4.98 Å². The quantitative estimate of drug-likeness (QED) is 0.360. The van der Waals surface area contributed by atoms with Gasteiger partial charge < -0.3 is 10.6 Å². The van der Waals surface area contributed by atoms with Crippen LogP contribution in [0.15, 0.2) is 22.5 Å². The molecule has 2 aromatic heterocycles. The molecule has 0 fully saturated rings. The summed E-state index contributed by atoms with van der Waals surface area (Å²) in [7, 11) is 1.78. The molecule has 2 N–H and O–H groups in total. The smallest absolute Gasteiger partial charge is 0.191 e. The largest absolute Gasteiger partial charge is 0.356 e. The van der Waals surface area contributed by atoms with Crippen molar-refractivity contribution in [1.29, 1.82) is 0 Å². The summed E-state index contributed by atoms with van der Waals surface area (Å²) in [6, 6.07) is 4.00. The van der Waals surface area contributed by atoms with E-state index in [0.29, 0.717) is 12.5 Å². The molecule has 2 rings (SSSR count). The lowest BCUT2D eigenvalue weighted by Crippen LogP contribution is -2.37. The van der Waals surface area contributed by atoms with Crippen LogP contribution in [0, 0.1) is 0 Å². The van der Waals surface area contributed by atoms with Gasteiger partial charge in [0.05, 0.1) is 16.6 Å². The van der Waals surface area contributed by atoms with Gasteiger partial charge in [-0.15, -0.1) is 46.7 Å². The standard InChI is InChI=1S/C15H21ClN4S2.HI/c1-10(2)12-9-21-14(20-12)8-19-15(17-3)18-7-6-11-4-5-13(16)22-11;/h4-5,9-10H,6-8H2,1-3H3,(H2,17,18,19);1H. The molecular weight excluding hydrogens is 463 g/mol. The minimum absolute atomic E-state index is 0. The van der Waals surface area contributed by atoms with E-state index in [-0.39, 0.29) is 24.0 Å². The molecule has 0 aliphatic carbocycles. The van der Waals surface area contributed by atoms with Crippen LogP contribution in [0.5, 0.6) is 0 Å². The molecule has 0 saturated carbocycles. The molecule has 23 heavy (non-hydrogen) atoms. The molecule has 0 bridgehead atoms. The summed E-state index contributed by atoms with van der Waals surface area (Å²) >= 11 is 9.23. The number of hydrogen-bond acceptors (Lipinski definition) is 4. The normalized spacial score (nSPS) is 11.4. The van der Waals surface area contributed by atoms with E-state index in [0.717, 1.165) is 34.0 Å². The topological polar surface area (TPSA) is 49.3 Å². The van der Waals surface area contributed by atoms with Gasteiger partial charge in [-0.2, -0.15) is 0 Å². The van der Waals surface area contributed by atoms with Crippen molar-refractivity contribution in [2.45, 2.75) is 32.7 Å². The molecule has 8 heteroatoms. The molecule has 0 amide bonds. The molecule has 128 valence electrons. The van der Waals surface area contributed by atoms with Gasteiger partial charge in [0, 0.05) is 23.8 Å². The number of nitrogens with zero attached hydrogens (tertiary/aromatic N) is 2. The molecule has 0 aromatic carbocycles. The van der Waals surface area contributed by atoms with E-state index in [9.17, 15) is 0 Å². The van der Waals surface area contributed by atoms with Crippen LogP contribution in [0.25, 0.3) is 0 Å². The number of halogens is 2. The highest BCUT2D eigenvalue weighted by Gasteiger charge is 2.06. The second-order valence-electron chi connectivity index (χ2n) is 5.13. The van der Waals surface area contributed by atoms with Crippen molar-refractivity contribution in [2.75, 3.05) is 13.6 Å². The molecule has 2 aromatic rings. The molecule has 0 radical (unpaired) electrons. The van der Waals surface area contributed by atoms with E-state index in [1.165, 1.54) is 4.88 Å². The third kappa shape index (κ3) is 6.94. The maximum atomic E-state index is 5.93. The number of aliphatic imine (C=N–C) groups is 1. The summed E-state index contributed by atoms with van der Waals surface area (Å²) in [5, 5.41) is 9.80. The van der Waals surface area contributed by atoms with E-state index in [2.05, 4.69) is 45.9 Å². The van der Waals surface area contributed by atoms with Crippen molar-refractivity contribution in [3.8, 4) is 0 Å². The number of thiazole rings is 1. The van der Waals surface area contributed by atoms with Crippen LogP contribution >= 0.6 is 58.3 Å². The van der Waals surface area contributed by atoms with Crippen molar-refractivity contribution < 1.29 is 0 Å². The summed E-state index contributed by atoms with van der Waals surface area (Å²) in [5.74, 6) is 1.27. The third-order valence-corrected chi connectivity index (χ3v) is 5.24. The molecule has 0 atom stereocenters. The summed E-state index contributed by atoms with van der Waals surface area (Å²) in [4.78, 5) is 10.1. The first-order valence-electron chi connectivity index (χ1n) is 7.21. The monoisotopic (exact) mass is 484 g/mol. The number of rotatable bonds is 6. The van der Waals surface area contributed by atoms with E-state index in [4.69, 9.17) is 11.6 Å². The summed E-state index contributed by atoms with van der Waals surface area (Å²) in [6.45, 7) is 5.83. The third-order valence-electron chi connectivity index (χ3n) is 3.08. The zero-order chi connectivity index (χ0) is 15.9. The number of thiophene rings is 1. The van der Waals surface area contributed by atoms with Crippen molar-refractivity contribution in [1.82, 2.24) is 15.6 Å². The first-order chi connectivity index (χ1) is 10.6. The zero-order valence-corrected chi connectivity index (χ0v) is 18.1. The average Bonchev–Trinajstić information content (AvgIpc) is 3.11. The van der Waals surface area contributed by atoms with Crippen LogP contribution in [-0.4, -0.2) is 24.5 Å². The van der Waals surface area contributed by atoms with Gasteiger partial charge in [-0.3, -0.25) is 4.99 Å². The summed E-state index contributed by atoms with van der Waals surface area (Å²) < 4.78 is 0.835. The zero-order valence-electron chi connectivity index (χ0n) is 13.4. The lowest BCUT2D eigenvalue weighted by atomic mass is 10.2. The Morgan fingerprint density at radius 1 is 1.35 bits per heavy atom. The van der Waals surface area contributed by atoms with Crippen LogP contribution in [0.2, 0.25) is 4.34 Å². The van der Waals surface area contributed by atoms with Crippen LogP contribution in [0.1, 0.15) is 35.3 Å². The molecule has 2 heterocycles. The molecule has 4 nitrogen and oxygen atoms in total. The lowest BCUT2D eigenvalue weighted by molar-refractivity contribution is 0.781. The average molecular weight is 485 g/mol. The Bertz CT molecular complexity index is 625. The molecule has 0 aliphatic heterocycles. The van der Waals surface area contributed by atoms with Crippen molar-refractivity contribution in [3.05, 3.63) is 37.4 Å². The molecular formula is C15H22ClIN4S2. The van der Waals surface area contributed by atoms with E-state index in [1.807, 2.05) is 6.07 Å². The van der Waals surface area contributed by atoms with E-state index < -0.39 is 0 Å². The molecule has 0 unspecified atom stereocenters. The number of hydrogen-bond donors (Lipinski definition) is 2. The Morgan fingerprint density at radius 2 is 2.13 bits per heavy atom. The highest BCUT2D eigenvalue weighted by molar-refractivity contribution is 14.0. The maximum Gasteiger partial charge on any atom is 0.191 e. The fourth-order valence-corrected chi connectivity index (χ4v) is 3.82. The molecule has 0 saturated heterocycles. The minimum atomic E-state index is 0. The predicted octanol–water partition coefficient (Wildman–Crippen LogP) is 4.51.